The summed E-state index contributed by atoms with van der Waals surface area (Å²) in [5.41, 5.74) is 4.17. The van der Waals surface area contributed by atoms with Gasteiger partial charge in [0.2, 0.25) is 0 Å². The van der Waals surface area contributed by atoms with Gasteiger partial charge in [0.25, 0.3) is 11.8 Å². The number of urea groups is 1. The molecule has 1 N–H and O–H groups in total. The number of halogens is 2. The van der Waals surface area contributed by atoms with Crippen molar-refractivity contribution in [3.05, 3.63) is 90.5 Å². The van der Waals surface area contributed by atoms with Crippen LogP contribution >= 0.6 is 38.5 Å². The Kier molecular flexibility index (Phi) is 7.79. The number of carbonyl (C=O) groups excluding carboxylic acids is 3. The maximum absolute atomic E-state index is 13.2. The van der Waals surface area contributed by atoms with Crippen molar-refractivity contribution in [2.45, 2.75) is 20.5 Å². The highest BCUT2D eigenvalue weighted by Gasteiger charge is 2.36. The lowest BCUT2D eigenvalue weighted by atomic mass is 10.1. The predicted octanol–water partition coefficient (Wildman–Crippen LogP) is 5.92. The summed E-state index contributed by atoms with van der Waals surface area (Å²) in [6.07, 6.45) is 1.44. The number of nitrogens with one attached hydrogen (secondary N) is 1. The number of benzene rings is 3. The molecular formula is C27H22BrIN2O5. The average Bonchev–Trinajstić information content (AvgIpc) is 2.84. The quantitative estimate of drug-likeness (QED) is 0.202. The first kappa shape index (κ1) is 25.9. The van der Waals surface area contributed by atoms with Crippen molar-refractivity contribution in [2.24, 2.45) is 0 Å². The van der Waals surface area contributed by atoms with Crippen molar-refractivity contribution >= 4 is 68.1 Å². The molecule has 4 amide bonds. The van der Waals surface area contributed by atoms with Gasteiger partial charge in [0.15, 0.2) is 11.5 Å². The van der Waals surface area contributed by atoms with Crippen LogP contribution in [0.25, 0.3) is 6.08 Å². The molecule has 0 radical (unpaired) electrons. The third-order valence-electron chi connectivity index (χ3n) is 5.70. The van der Waals surface area contributed by atoms with E-state index in [9.17, 15) is 14.4 Å². The van der Waals surface area contributed by atoms with E-state index < -0.39 is 17.8 Å². The highest BCUT2D eigenvalue weighted by Crippen LogP contribution is 2.35. The van der Waals surface area contributed by atoms with E-state index in [2.05, 4.69) is 69.8 Å². The van der Waals surface area contributed by atoms with Gasteiger partial charge in [-0.05, 0) is 101 Å². The number of ether oxygens (including phenoxy) is 2. The second-order valence-electron chi connectivity index (χ2n) is 8.18. The molecule has 4 rings (SSSR count). The Bertz CT molecular complexity index is 1400. The zero-order valence-electron chi connectivity index (χ0n) is 19.7. The zero-order chi connectivity index (χ0) is 26.0. The number of amides is 4. The normalized spacial score (nSPS) is 14.8. The van der Waals surface area contributed by atoms with E-state index in [4.69, 9.17) is 9.47 Å². The van der Waals surface area contributed by atoms with Crippen molar-refractivity contribution in [1.82, 2.24) is 5.32 Å². The average molecular weight is 661 g/mol. The highest BCUT2D eigenvalue weighted by atomic mass is 127. The number of aryl methyl sites for hydroxylation is 2. The van der Waals surface area contributed by atoms with E-state index >= 15 is 0 Å². The lowest BCUT2D eigenvalue weighted by Gasteiger charge is -2.26. The van der Waals surface area contributed by atoms with Gasteiger partial charge in [-0.2, -0.15) is 0 Å². The molecule has 3 aromatic carbocycles. The molecule has 0 bridgehead atoms. The second-order valence-corrected chi connectivity index (χ2v) is 10.3. The highest BCUT2D eigenvalue weighted by molar-refractivity contribution is 14.1. The fourth-order valence-electron chi connectivity index (χ4n) is 3.66. The summed E-state index contributed by atoms with van der Waals surface area (Å²) in [6.45, 7) is 4.48. The molecule has 1 heterocycles. The van der Waals surface area contributed by atoms with Crippen LogP contribution in [0.2, 0.25) is 0 Å². The number of hydrogen-bond acceptors (Lipinski definition) is 5. The minimum Gasteiger partial charge on any atom is -0.493 e. The van der Waals surface area contributed by atoms with Crippen molar-refractivity contribution in [3.8, 4) is 11.5 Å². The number of rotatable bonds is 6. The molecule has 0 spiro atoms. The number of imide groups is 2. The Balaban J connectivity index is 1.63. The van der Waals surface area contributed by atoms with Crippen LogP contribution in [0.15, 0.2) is 64.6 Å². The molecule has 1 fully saturated rings. The summed E-state index contributed by atoms with van der Waals surface area (Å²) in [4.78, 5) is 39.1. The molecule has 1 aliphatic heterocycles. The summed E-state index contributed by atoms with van der Waals surface area (Å²) >= 11 is 5.45. The second kappa shape index (κ2) is 10.8. The predicted molar refractivity (Wildman–Crippen MR) is 149 cm³/mol. The Morgan fingerprint density at radius 1 is 1.00 bits per heavy atom. The topological polar surface area (TPSA) is 84.9 Å². The molecule has 1 saturated heterocycles. The number of carbonyl (C=O) groups is 3. The zero-order valence-corrected chi connectivity index (χ0v) is 23.5. The van der Waals surface area contributed by atoms with Gasteiger partial charge in [0.1, 0.15) is 12.2 Å². The van der Waals surface area contributed by atoms with Crippen LogP contribution < -0.4 is 19.7 Å². The van der Waals surface area contributed by atoms with Crippen LogP contribution in [0.5, 0.6) is 11.5 Å². The van der Waals surface area contributed by atoms with Crippen LogP contribution in [0.4, 0.5) is 10.5 Å². The summed E-state index contributed by atoms with van der Waals surface area (Å²) in [5.74, 6) is -0.454. The van der Waals surface area contributed by atoms with Crippen LogP contribution in [-0.4, -0.2) is 25.0 Å². The van der Waals surface area contributed by atoms with Gasteiger partial charge < -0.3 is 9.47 Å². The summed E-state index contributed by atoms with van der Waals surface area (Å²) in [7, 11) is 1.53. The van der Waals surface area contributed by atoms with Crippen LogP contribution in [0, 0.1) is 17.4 Å². The first-order valence-electron chi connectivity index (χ1n) is 10.9. The van der Waals surface area contributed by atoms with E-state index in [0.717, 1.165) is 18.5 Å². The smallest absolute Gasteiger partial charge is 0.335 e. The fourth-order valence-corrected chi connectivity index (χ4v) is 4.71. The molecule has 0 saturated carbocycles. The lowest BCUT2D eigenvalue weighted by molar-refractivity contribution is -0.122. The molecule has 7 nitrogen and oxygen atoms in total. The van der Waals surface area contributed by atoms with Crippen LogP contribution in [0.3, 0.4) is 0 Å². The SMILES string of the molecule is COc1cc(/C=C2\C(=O)NC(=O)N(c3ccc(Br)cc3)C2=O)cc(I)c1OCc1ccc(C)c(C)c1. The van der Waals surface area contributed by atoms with Crippen molar-refractivity contribution in [3.63, 3.8) is 0 Å². The van der Waals surface area contributed by atoms with Gasteiger partial charge in [0, 0.05) is 4.47 Å². The Morgan fingerprint density at radius 3 is 2.39 bits per heavy atom. The van der Waals surface area contributed by atoms with E-state index in [1.165, 1.54) is 24.3 Å². The number of nitrogens with zero attached hydrogens (tertiary/aromatic N) is 1. The molecule has 9 heteroatoms. The minimum absolute atomic E-state index is 0.167. The molecule has 0 unspecified atom stereocenters. The number of hydrogen-bond donors (Lipinski definition) is 1. The third-order valence-corrected chi connectivity index (χ3v) is 7.03. The number of anilines is 1. The molecule has 0 aliphatic carbocycles. The van der Waals surface area contributed by atoms with Gasteiger partial charge in [-0.25, -0.2) is 9.69 Å². The number of barbiturate groups is 1. The maximum Gasteiger partial charge on any atom is 0.335 e. The van der Waals surface area contributed by atoms with E-state index in [1.54, 1.807) is 36.4 Å². The summed E-state index contributed by atoms with van der Waals surface area (Å²) in [6, 6.07) is 15.5. The largest absolute Gasteiger partial charge is 0.493 e. The molecule has 0 aromatic heterocycles. The first-order valence-corrected chi connectivity index (χ1v) is 12.8. The Morgan fingerprint density at radius 2 is 1.72 bits per heavy atom. The molecule has 36 heavy (non-hydrogen) atoms. The van der Waals surface area contributed by atoms with E-state index in [1.807, 2.05) is 6.07 Å². The van der Waals surface area contributed by atoms with E-state index in [-0.39, 0.29) is 5.57 Å². The molecular weight excluding hydrogens is 639 g/mol. The van der Waals surface area contributed by atoms with Gasteiger partial charge in [0.05, 0.1) is 16.4 Å². The van der Waals surface area contributed by atoms with Gasteiger partial charge in [-0.1, -0.05) is 34.1 Å². The van der Waals surface area contributed by atoms with Crippen LogP contribution in [0.1, 0.15) is 22.3 Å². The summed E-state index contributed by atoms with van der Waals surface area (Å²) in [5, 5.41) is 2.23. The van der Waals surface area contributed by atoms with Crippen LogP contribution in [-0.2, 0) is 16.2 Å². The Hall–Kier alpha value is -3.18. The summed E-state index contributed by atoms with van der Waals surface area (Å²) < 4.78 is 13.2. The van der Waals surface area contributed by atoms with Gasteiger partial charge in [-0.3, -0.25) is 14.9 Å². The van der Waals surface area contributed by atoms with Crippen molar-refractivity contribution in [1.29, 1.82) is 0 Å². The standard InChI is InChI=1S/C27H22BrIN2O5/c1-15-4-5-17(10-16(15)2)14-36-24-22(29)12-18(13-23(24)35-3)11-21-25(32)30-27(34)31(26(21)33)20-8-6-19(28)7-9-20/h4-13H,14H2,1-3H3,(H,30,32,34)/b21-11+. The molecule has 3 aromatic rings. The monoisotopic (exact) mass is 660 g/mol. The van der Waals surface area contributed by atoms with Gasteiger partial charge >= 0.3 is 6.03 Å². The van der Waals surface area contributed by atoms with E-state index in [0.29, 0.717) is 29.4 Å². The lowest BCUT2D eigenvalue weighted by Crippen LogP contribution is -2.54. The molecule has 184 valence electrons. The first-order chi connectivity index (χ1) is 17.2. The van der Waals surface area contributed by atoms with Crippen molar-refractivity contribution in [2.75, 3.05) is 12.0 Å². The minimum atomic E-state index is -0.799. The number of methoxy groups -OCH3 is 1. The van der Waals surface area contributed by atoms with Crippen molar-refractivity contribution < 1.29 is 23.9 Å². The Labute approximate surface area is 230 Å². The molecule has 1 aliphatic rings. The maximum atomic E-state index is 13.2. The third kappa shape index (κ3) is 5.46. The van der Waals surface area contributed by atoms with Gasteiger partial charge in [-0.15, -0.1) is 0 Å². The fraction of sp³-hybridized carbons (Fsp3) is 0.148. The molecule has 0 atom stereocenters.